The second-order valence-electron chi connectivity index (χ2n) is 6.17. The monoisotopic (exact) mass is 283 g/mol. The number of aliphatic hydroxyl groups excluding tert-OH is 1. The Morgan fingerprint density at radius 2 is 1.90 bits per heavy atom. The van der Waals surface area contributed by atoms with Crippen molar-refractivity contribution in [3.8, 4) is 6.07 Å². The van der Waals surface area contributed by atoms with Gasteiger partial charge in [-0.1, -0.05) is 26.0 Å². The molecule has 108 valence electrons. The number of Topliss-reactive ketones (excluding diaryl/α,β-unsaturated/α-hetero) is 2. The number of carbonyl (C=O) groups is 2. The zero-order valence-corrected chi connectivity index (χ0v) is 12.1. The largest absolute Gasteiger partial charge is 0.511 e. The average Bonchev–Trinajstić information content (AvgIpc) is 2.37. The van der Waals surface area contributed by atoms with Gasteiger partial charge in [0.2, 0.25) is 0 Å². The zero-order valence-electron chi connectivity index (χ0n) is 12.1. The maximum Gasteiger partial charge on any atom is 0.174 e. The van der Waals surface area contributed by atoms with Crippen LogP contribution in [0.3, 0.4) is 0 Å². The third kappa shape index (κ3) is 3.38. The second-order valence-corrected chi connectivity index (χ2v) is 6.17. The van der Waals surface area contributed by atoms with Crippen LogP contribution in [0.5, 0.6) is 0 Å². The van der Waals surface area contributed by atoms with Crippen molar-refractivity contribution in [3.63, 3.8) is 0 Å². The Morgan fingerprint density at radius 3 is 2.43 bits per heavy atom. The van der Waals surface area contributed by atoms with Crippen LogP contribution in [0.2, 0.25) is 0 Å². The van der Waals surface area contributed by atoms with Crippen LogP contribution >= 0.6 is 0 Å². The fourth-order valence-electron chi connectivity index (χ4n) is 2.58. The predicted octanol–water partition coefficient (Wildman–Crippen LogP) is 2.87. The molecule has 4 heteroatoms. The Morgan fingerprint density at radius 1 is 1.29 bits per heavy atom. The van der Waals surface area contributed by atoms with Crippen LogP contribution in [-0.4, -0.2) is 16.7 Å². The lowest BCUT2D eigenvalue weighted by atomic mass is 9.75. The fraction of sp³-hybridized carbons (Fsp3) is 0.353. The van der Waals surface area contributed by atoms with E-state index in [4.69, 9.17) is 5.26 Å². The van der Waals surface area contributed by atoms with Gasteiger partial charge < -0.3 is 5.11 Å². The normalized spacial score (nSPS) is 17.5. The van der Waals surface area contributed by atoms with Crippen LogP contribution in [0, 0.1) is 16.7 Å². The topological polar surface area (TPSA) is 78.2 Å². The number of ketones is 2. The Hall–Kier alpha value is -2.41. The number of nitriles is 1. The van der Waals surface area contributed by atoms with Crippen LogP contribution in [-0.2, 0) is 16.0 Å². The van der Waals surface area contributed by atoms with E-state index in [1.807, 2.05) is 19.9 Å². The summed E-state index contributed by atoms with van der Waals surface area (Å²) in [6, 6.07) is 8.63. The van der Waals surface area contributed by atoms with Crippen molar-refractivity contribution < 1.29 is 14.7 Å². The summed E-state index contributed by atoms with van der Waals surface area (Å²) in [5, 5.41) is 18.7. The van der Waals surface area contributed by atoms with Crippen LogP contribution in [0.25, 0.3) is 0 Å². The first-order valence-electron chi connectivity index (χ1n) is 6.80. The average molecular weight is 283 g/mol. The highest BCUT2D eigenvalue weighted by Gasteiger charge is 2.35. The molecule has 0 saturated carbocycles. The highest BCUT2D eigenvalue weighted by Crippen LogP contribution is 2.36. The quantitative estimate of drug-likeness (QED) is 0.865. The second kappa shape index (κ2) is 5.53. The molecule has 0 atom stereocenters. The Kier molecular flexibility index (Phi) is 3.95. The lowest BCUT2D eigenvalue weighted by molar-refractivity contribution is -0.123. The lowest BCUT2D eigenvalue weighted by Gasteiger charge is -2.29. The van der Waals surface area contributed by atoms with E-state index in [9.17, 15) is 14.7 Å². The summed E-state index contributed by atoms with van der Waals surface area (Å²) in [6.07, 6.45) is 0.663. The van der Waals surface area contributed by atoms with E-state index >= 15 is 0 Å². The maximum absolute atomic E-state index is 12.3. The van der Waals surface area contributed by atoms with Crippen molar-refractivity contribution in [1.29, 1.82) is 5.26 Å². The fourth-order valence-corrected chi connectivity index (χ4v) is 2.58. The summed E-state index contributed by atoms with van der Waals surface area (Å²) in [6.45, 7) is 3.78. The molecule has 0 spiro atoms. The van der Waals surface area contributed by atoms with Crippen molar-refractivity contribution in [2.75, 3.05) is 0 Å². The summed E-state index contributed by atoms with van der Waals surface area (Å²) in [4.78, 5) is 24.3. The van der Waals surface area contributed by atoms with E-state index < -0.39 is 0 Å². The standard InChI is InChI=1S/C17H17NO3/c1-17(2)8-14(20)16(15(21)9-17)13(19)7-11-3-5-12(10-18)6-4-11/h3-6,20H,7-9H2,1-2H3. The van der Waals surface area contributed by atoms with Gasteiger partial charge in [-0.15, -0.1) is 0 Å². The molecule has 0 bridgehead atoms. The summed E-state index contributed by atoms with van der Waals surface area (Å²) in [5.41, 5.74) is 0.874. The minimum Gasteiger partial charge on any atom is -0.511 e. The third-order valence-corrected chi connectivity index (χ3v) is 3.58. The predicted molar refractivity (Wildman–Crippen MR) is 77.5 cm³/mol. The highest BCUT2D eigenvalue weighted by molar-refractivity contribution is 6.21. The van der Waals surface area contributed by atoms with Gasteiger partial charge in [-0.05, 0) is 23.1 Å². The van der Waals surface area contributed by atoms with Crippen LogP contribution < -0.4 is 0 Å². The van der Waals surface area contributed by atoms with Gasteiger partial charge in [0.15, 0.2) is 11.6 Å². The maximum atomic E-state index is 12.3. The molecule has 1 aromatic carbocycles. The van der Waals surface area contributed by atoms with Crippen molar-refractivity contribution in [1.82, 2.24) is 0 Å². The van der Waals surface area contributed by atoms with Crippen molar-refractivity contribution in [2.45, 2.75) is 33.1 Å². The molecule has 2 rings (SSSR count). The molecule has 1 aromatic rings. The number of rotatable bonds is 3. The van der Waals surface area contributed by atoms with E-state index in [-0.39, 0.29) is 41.2 Å². The molecule has 0 amide bonds. The van der Waals surface area contributed by atoms with Crippen LogP contribution in [0.15, 0.2) is 35.6 Å². The van der Waals surface area contributed by atoms with E-state index in [0.29, 0.717) is 12.0 Å². The van der Waals surface area contributed by atoms with Gasteiger partial charge in [0.05, 0.1) is 17.2 Å². The van der Waals surface area contributed by atoms with E-state index in [2.05, 4.69) is 0 Å². The molecule has 0 aliphatic heterocycles. The number of hydrogen-bond acceptors (Lipinski definition) is 4. The first-order chi connectivity index (χ1) is 9.82. The number of aliphatic hydroxyl groups is 1. The molecule has 21 heavy (non-hydrogen) atoms. The minimum absolute atomic E-state index is 0.0528. The Labute approximate surface area is 123 Å². The summed E-state index contributed by atoms with van der Waals surface area (Å²) in [7, 11) is 0. The first-order valence-corrected chi connectivity index (χ1v) is 6.80. The molecule has 4 nitrogen and oxygen atoms in total. The highest BCUT2D eigenvalue weighted by atomic mass is 16.3. The number of allylic oxidation sites excluding steroid dienone is 2. The molecular weight excluding hydrogens is 266 g/mol. The van der Waals surface area contributed by atoms with E-state index in [0.717, 1.165) is 5.56 Å². The van der Waals surface area contributed by atoms with Crippen LogP contribution in [0.1, 0.15) is 37.8 Å². The van der Waals surface area contributed by atoms with Gasteiger partial charge in [0, 0.05) is 19.3 Å². The van der Waals surface area contributed by atoms with Crippen LogP contribution in [0.4, 0.5) is 0 Å². The molecule has 1 N–H and O–H groups in total. The van der Waals surface area contributed by atoms with Gasteiger partial charge in [-0.2, -0.15) is 5.26 Å². The van der Waals surface area contributed by atoms with E-state index in [1.165, 1.54) is 0 Å². The van der Waals surface area contributed by atoms with Crippen molar-refractivity contribution >= 4 is 11.6 Å². The minimum atomic E-state index is -0.363. The smallest absolute Gasteiger partial charge is 0.174 e. The molecule has 0 heterocycles. The van der Waals surface area contributed by atoms with Crippen molar-refractivity contribution in [3.05, 3.63) is 46.7 Å². The first kappa shape index (κ1) is 15.0. The van der Waals surface area contributed by atoms with Gasteiger partial charge in [-0.3, -0.25) is 9.59 Å². The summed E-state index contributed by atoms with van der Waals surface area (Å²) in [5.74, 6) is -0.755. The van der Waals surface area contributed by atoms with Gasteiger partial charge >= 0.3 is 0 Å². The molecule has 0 aromatic heterocycles. The van der Waals surface area contributed by atoms with Crippen molar-refractivity contribution in [2.24, 2.45) is 5.41 Å². The molecule has 0 saturated heterocycles. The third-order valence-electron chi connectivity index (χ3n) is 3.58. The van der Waals surface area contributed by atoms with Gasteiger partial charge in [0.1, 0.15) is 5.76 Å². The summed E-state index contributed by atoms with van der Waals surface area (Å²) < 4.78 is 0. The Bertz CT molecular complexity index is 660. The van der Waals surface area contributed by atoms with Gasteiger partial charge in [0.25, 0.3) is 0 Å². The molecule has 1 aliphatic carbocycles. The zero-order chi connectivity index (χ0) is 15.6. The molecule has 1 aliphatic rings. The Balaban J connectivity index is 2.20. The number of hydrogen-bond donors (Lipinski definition) is 1. The molecular formula is C17H17NO3. The SMILES string of the molecule is CC1(C)CC(=O)C(C(=O)Cc2ccc(C#N)cc2)=C(O)C1. The number of nitrogens with zero attached hydrogens (tertiary/aromatic N) is 1. The number of benzene rings is 1. The molecule has 0 unspecified atom stereocenters. The summed E-state index contributed by atoms with van der Waals surface area (Å²) >= 11 is 0. The number of carbonyl (C=O) groups excluding carboxylic acids is 2. The molecule has 0 fully saturated rings. The lowest BCUT2D eigenvalue weighted by Crippen LogP contribution is -2.29. The van der Waals surface area contributed by atoms with Gasteiger partial charge in [-0.25, -0.2) is 0 Å². The molecule has 0 radical (unpaired) electrons. The van der Waals surface area contributed by atoms with E-state index in [1.54, 1.807) is 24.3 Å².